The fourth-order valence-electron chi connectivity index (χ4n) is 2.80. The molecule has 0 aliphatic heterocycles. The lowest BCUT2D eigenvalue weighted by Crippen LogP contribution is -2.51. The minimum absolute atomic E-state index is 0.239. The Hall–Kier alpha value is -0.910. The first kappa shape index (κ1) is 15.5. The summed E-state index contributed by atoms with van der Waals surface area (Å²) in [4.78, 5) is 0. The molecule has 1 fully saturated rings. The maximum Gasteiger partial charge on any atom is 0.215 e. The van der Waals surface area contributed by atoms with Gasteiger partial charge in [-0.25, -0.2) is 13.1 Å². The Bertz CT molecular complexity index is 524. The van der Waals surface area contributed by atoms with Crippen molar-refractivity contribution in [1.82, 2.24) is 4.72 Å². The van der Waals surface area contributed by atoms with Crippen molar-refractivity contribution in [2.45, 2.75) is 49.8 Å². The van der Waals surface area contributed by atoms with Crippen LogP contribution < -0.4 is 10.5 Å². The molecule has 1 aliphatic rings. The van der Waals surface area contributed by atoms with Gasteiger partial charge in [0.05, 0.1) is 10.8 Å². The second-order valence-electron chi connectivity index (χ2n) is 5.81. The summed E-state index contributed by atoms with van der Waals surface area (Å²) < 4.78 is 28.0. The molecule has 0 spiro atoms. The van der Waals surface area contributed by atoms with Crippen LogP contribution in [0.5, 0.6) is 0 Å². The average molecular weight is 296 g/mol. The molecule has 0 aromatic heterocycles. The highest BCUT2D eigenvalue weighted by molar-refractivity contribution is 7.90. The van der Waals surface area contributed by atoms with Gasteiger partial charge in [-0.3, -0.25) is 0 Å². The van der Waals surface area contributed by atoms with E-state index in [0.717, 1.165) is 37.7 Å². The van der Waals surface area contributed by atoms with Crippen LogP contribution in [0.1, 0.15) is 44.6 Å². The summed E-state index contributed by atoms with van der Waals surface area (Å²) in [5.41, 5.74) is 6.01. The zero-order valence-corrected chi connectivity index (χ0v) is 12.8. The number of sulfonamides is 1. The van der Waals surface area contributed by atoms with E-state index >= 15 is 0 Å². The lowest BCUT2D eigenvalue weighted by molar-refractivity contribution is 0.421. The number of hydrogen-bond acceptors (Lipinski definition) is 3. The molecule has 1 saturated carbocycles. The molecule has 0 radical (unpaired) electrons. The lowest BCUT2D eigenvalue weighted by atomic mass is 9.94. The SMILES string of the molecule is CC(CN)(NS(=O)(=O)C1CCCCC1)c1ccccc1. The molecule has 1 aliphatic carbocycles. The fourth-order valence-corrected chi connectivity index (χ4v) is 4.75. The molecule has 4 nitrogen and oxygen atoms in total. The molecule has 1 aromatic rings. The topological polar surface area (TPSA) is 72.2 Å². The monoisotopic (exact) mass is 296 g/mol. The molecule has 3 N–H and O–H groups in total. The van der Waals surface area contributed by atoms with Crippen molar-refractivity contribution < 1.29 is 8.42 Å². The Balaban J connectivity index is 2.20. The highest BCUT2D eigenvalue weighted by atomic mass is 32.2. The lowest BCUT2D eigenvalue weighted by Gasteiger charge is -2.32. The molecule has 0 bridgehead atoms. The minimum Gasteiger partial charge on any atom is -0.328 e. The van der Waals surface area contributed by atoms with Crippen molar-refractivity contribution in [2.75, 3.05) is 6.54 Å². The van der Waals surface area contributed by atoms with Gasteiger partial charge in [0.25, 0.3) is 0 Å². The van der Waals surface area contributed by atoms with E-state index in [9.17, 15) is 8.42 Å². The summed E-state index contributed by atoms with van der Waals surface area (Å²) in [7, 11) is -3.33. The summed E-state index contributed by atoms with van der Waals surface area (Å²) in [6, 6.07) is 9.54. The summed E-state index contributed by atoms with van der Waals surface area (Å²) in [6.07, 6.45) is 4.64. The van der Waals surface area contributed by atoms with Crippen LogP contribution in [0.4, 0.5) is 0 Å². The number of rotatable bonds is 5. The number of nitrogens with two attached hydrogens (primary N) is 1. The van der Waals surface area contributed by atoms with Crippen molar-refractivity contribution in [1.29, 1.82) is 0 Å². The van der Waals surface area contributed by atoms with Gasteiger partial charge in [-0.1, -0.05) is 49.6 Å². The van der Waals surface area contributed by atoms with E-state index < -0.39 is 15.6 Å². The Morgan fingerprint density at radius 3 is 2.35 bits per heavy atom. The van der Waals surface area contributed by atoms with Crippen LogP contribution in [-0.2, 0) is 15.6 Å². The van der Waals surface area contributed by atoms with Gasteiger partial charge in [-0.15, -0.1) is 0 Å². The molecule has 20 heavy (non-hydrogen) atoms. The van der Waals surface area contributed by atoms with Gasteiger partial charge in [0.1, 0.15) is 0 Å². The highest BCUT2D eigenvalue weighted by Crippen LogP contribution is 2.27. The molecule has 5 heteroatoms. The van der Waals surface area contributed by atoms with Gasteiger partial charge in [-0.2, -0.15) is 0 Å². The van der Waals surface area contributed by atoms with Gasteiger partial charge < -0.3 is 5.73 Å². The first-order valence-corrected chi connectivity index (χ1v) is 8.81. The summed E-state index contributed by atoms with van der Waals surface area (Å²) in [5, 5.41) is -0.272. The molecule has 1 unspecified atom stereocenters. The van der Waals surface area contributed by atoms with Gasteiger partial charge in [-0.05, 0) is 25.3 Å². The normalized spacial score (nSPS) is 20.5. The van der Waals surface area contributed by atoms with E-state index in [-0.39, 0.29) is 11.8 Å². The molecule has 0 saturated heterocycles. The molecular formula is C15H24N2O2S. The van der Waals surface area contributed by atoms with Crippen molar-refractivity contribution in [2.24, 2.45) is 5.73 Å². The summed E-state index contributed by atoms with van der Waals surface area (Å²) in [6.45, 7) is 2.09. The third kappa shape index (κ3) is 3.40. The van der Waals surface area contributed by atoms with Crippen LogP contribution in [-0.4, -0.2) is 20.2 Å². The molecule has 112 valence electrons. The van der Waals surface area contributed by atoms with Gasteiger partial charge in [0.2, 0.25) is 10.0 Å². The largest absolute Gasteiger partial charge is 0.328 e. The zero-order valence-electron chi connectivity index (χ0n) is 12.0. The Morgan fingerprint density at radius 1 is 1.20 bits per heavy atom. The van der Waals surface area contributed by atoms with Crippen LogP contribution in [0.2, 0.25) is 0 Å². The number of benzene rings is 1. The Labute approximate surface area is 121 Å². The van der Waals surface area contributed by atoms with E-state index in [0.29, 0.717) is 0 Å². The molecule has 0 amide bonds. The first-order chi connectivity index (χ1) is 9.48. The van der Waals surface area contributed by atoms with E-state index in [1.54, 1.807) is 0 Å². The van der Waals surface area contributed by atoms with Gasteiger partial charge >= 0.3 is 0 Å². The summed E-state index contributed by atoms with van der Waals surface area (Å²) in [5.74, 6) is 0. The van der Waals surface area contributed by atoms with Crippen LogP contribution in [0, 0.1) is 0 Å². The maximum absolute atomic E-state index is 12.6. The molecule has 1 aromatic carbocycles. The summed E-state index contributed by atoms with van der Waals surface area (Å²) >= 11 is 0. The zero-order chi connectivity index (χ0) is 14.6. The fraction of sp³-hybridized carbons (Fsp3) is 0.600. The van der Waals surface area contributed by atoms with E-state index in [1.165, 1.54) is 0 Å². The number of nitrogens with one attached hydrogen (secondary N) is 1. The molecule has 1 atom stereocenters. The van der Waals surface area contributed by atoms with E-state index in [2.05, 4.69) is 4.72 Å². The molecule has 2 rings (SSSR count). The quantitative estimate of drug-likeness (QED) is 0.874. The minimum atomic E-state index is -3.33. The van der Waals surface area contributed by atoms with Gasteiger partial charge in [0, 0.05) is 6.54 Å². The van der Waals surface area contributed by atoms with Crippen LogP contribution >= 0.6 is 0 Å². The van der Waals surface area contributed by atoms with Crippen LogP contribution in [0.3, 0.4) is 0 Å². The average Bonchev–Trinajstić information content (AvgIpc) is 2.48. The van der Waals surface area contributed by atoms with Crippen LogP contribution in [0.15, 0.2) is 30.3 Å². The van der Waals surface area contributed by atoms with Crippen LogP contribution in [0.25, 0.3) is 0 Å². The van der Waals surface area contributed by atoms with Gasteiger partial charge in [0.15, 0.2) is 0 Å². The second kappa shape index (κ2) is 6.24. The third-order valence-corrected chi connectivity index (χ3v) is 6.26. The third-order valence-electron chi connectivity index (χ3n) is 4.18. The highest BCUT2D eigenvalue weighted by Gasteiger charge is 2.35. The standard InChI is InChI=1S/C15H24N2O2S/c1-15(12-16,13-8-4-2-5-9-13)17-20(18,19)14-10-6-3-7-11-14/h2,4-5,8-9,14,17H,3,6-7,10-12,16H2,1H3. The second-order valence-corrected chi connectivity index (χ2v) is 7.77. The van der Waals surface area contributed by atoms with Crippen molar-refractivity contribution in [3.05, 3.63) is 35.9 Å². The van der Waals surface area contributed by atoms with E-state index in [1.807, 2.05) is 37.3 Å². The predicted octanol–water partition coefficient (Wildman–Crippen LogP) is 2.11. The van der Waals surface area contributed by atoms with E-state index in [4.69, 9.17) is 5.73 Å². The Morgan fingerprint density at radius 2 is 1.80 bits per heavy atom. The Kier molecular flexibility index (Phi) is 4.83. The van der Waals surface area contributed by atoms with Crippen molar-refractivity contribution >= 4 is 10.0 Å². The molecular weight excluding hydrogens is 272 g/mol. The van der Waals surface area contributed by atoms with Crippen molar-refractivity contribution in [3.8, 4) is 0 Å². The molecule has 0 heterocycles. The number of hydrogen-bond donors (Lipinski definition) is 2. The first-order valence-electron chi connectivity index (χ1n) is 7.26. The smallest absolute Gasteiger partial charge is 0.215 e. The maximum atomic E-state index is 12.6. The predicted molar refractivity (Wildman–Crippen MR) is 81.8 cm³/mol. The van der Waals surface area contributed by atoms with Crippen molar-refractivity contribution in [3.63, 3.8) is 0 Å².